The van der Waals surface area contributed by atoms with Gasteiger partial charge in [0, 0.05) is 6.26 Å². The highest BCUT2D eigenvalue weighted by Crippen LogP contribution is 2.28. The van der Waals surface area contributed by atoms with Crippen LogP contribution in [0, 0.1) is 0 Å². The van der Waals surface area contributed by atoms with Crippen LogP contribution < -0.4 is 14.8 Å². The van der Waals surface area contributed by atoms with Crippen molar-refractivity contribution in [3.8, 4) is 11.5 Å². The summed E-state index contributed by atoms with van der Waals surface area (Å²) < 4.78 is 34.4. The first kappa shape index (κ1) is 21.8. The molecule has 2 aromatic carbocycles. The normalized spacial score (nSPS) is 13.4. The van der Waals surface area contributed by atoms with Gasteiger partial charge < -0.3 is 14.8 Å². The summed E-state index contributed by atoms with van der Waals surface area (Å²) in [4.78, 5) is 13.0. The number of hydrogen-bond acceptors (Lipinski definition) is 5. The standard InChI is InChI=1S/C21H27NO5S/c1-5-17(15-11-13-16(14-12-15)28(4,24)25)22-21(23)18(6-2)27-20-10-8-7-9-19(20)26-3/h7-14,17-18H,5-6H2,1-4H3,(H,22,23)/t17-,18-/m0/s1. The van der Waals surface area contributed by atoms with Gasteiger partial charge in [-0.3, -0.25) is 4.79 Å². The van der Waals surface area contributed by atoms with E-state index in [0.717, 1.165) is 5.56 Å². The minimum absolute atomic E-state index is 0.229. The first-order chi connectivity index (χ1) is 13.3. The summed E-state index contributed by atoms with van der Waals surface area (Å²) in [5.74, 6) is 0.849. The molecule has 0 saturated heterocycles. The van der Waals surface area contributed by atoms with Gasteiger partial charge in [-0.2, -0.15) is 0 Å². The third-order valence-corrected chi connectivity index (χ3v) is 5.57. The Labute approximate surface area is 166 Å². The molecule has 28 heavy (non-hydrogen) atoms. The minimum Gasteiger partial charge on any atom is -0.493 e. The molecule has 2 rings (SSSR count). The quantitative estimate of drug-likeness (QED) is 0.690. The Morgan fingerprint density at radius 3 is 2.11 bits per heavy atom. The molecule has 1 amide bonds. The van der Waals surface area contributed by atoms with Gasteiger partial charge in [-0.05, 0) is 42.7 Å². The Bertz CT molecular complexity index is 893. The van der Waals surface area contributed by atoms with Crippen molar-refractivity contribution in [1.29, 1.82) is 0 Å². The third-order valence-electron chi connectivity index (χ3n) is 4.44. The number of benzene rings is 2. The summed E-state index contributed by atoms with van der Waals surface area (Å²) in [7, 11) is -1.70. The van der Waals surface area contributed by atoms with Gasteiger partial charge in [0.15, 0.2) is 27.4 Å². The Morgan fingerprint density at radius 2 is 1.61 bits per heavy atom. The molecule has 2 aromatic rings. The summed E-state index contributed by atoms with van der Waals surface area (Å²) >= 11 is 0. The highest BCUT2D eigenvalue weighted by Gasteiger charge is 2.23. The Morgan fingerprint density at radius 1 is 1.00 bits per heavy atom. The van der Waals surface area contributed by atoms with Crippen LogP contribution >= 0.6 is 0 Å². The summed E-state index contributed by atoms with van der Waals surface area (Å²) in [6.07, 6.45) is 1.66. The summed E-state index contributed by atoms with van der Waals surface area (Å²) in [6.45, 7) is 3.83. The lowest BCUT2D eigenvalue weighted by molar-refractivity contribution is -0.129. The number of sulfone groups is 1. The Hall–Kier alpha value is -2.54. The monoisotopic (exact) mass is 405 g/mol. The van der Waals surface area contributed by atoms with E-state index in [4.69, 9.17) is 9.47 Å². The fourth-order valence-electron chi connectivity index (χ4n) is 2.82. The lowest BCUT2D eigenvalue weighted by Gasteiger charge is -2.23. The van der Waals surface area contributed by atoms with Gasteiger partial charge in [0.25, 0.3) is 5.91 Å². The Kier molecular flexibility index (Phi) is 7.45. The molecular formula is C21H27NO5S. The number of para-hydroxylation sites is 2. The number of amides is 1. The SMILES string of the molecule is CC[C@H](Oc1ccccc1OC)C(=O)N[C@@H](CC)c1ccc(S(C)(=O)=O)cc1. The van der Waals surface area contributed by atoms with Crippen molar-refractivity contribution in [2.75, 3.05) is 13.4 Å². The fraction of sp³-hybridized carbons (Fsp3) is 0.381. The molecule has 0 aliphatic rings. The Balaban J connectivity index is 2.13. The van der Waals surface area contributed by atoms with Crippen molar-refractivity contribution in [1.82, 2.24) is 5.32 Å². The van der Waals surface area contributed by atoms with E-state index in [1.54, 1.807) is 43.5 Å². The molecule has 0 saturated carbocycles. The average Bonchev–Trinajstić information content (AvgIpc) is 2.69. The molecule has 152 valence electrons. The maximum atomic E-state index is 12.8. The van der Waals surface area contributed by atoms with Gasteiger partial charge in [-0.1, -0.05) is 38.1 Å². The zero-order chi connectivity index (χ0) is 20.7. The van der Waals surface area contributed by atoms with E-state index in [1.807, 2.05) is 26.0 Å². The third kappa shape index (κ3) is 5.48. The number of hydrogen-bond donors (Lipinski definition) is 1. The van der Waals surface area contributed by atoms with Gasteiger partial charge in [0.2, 0.25) is 0 Å². The van der Waals surface area contributed by atoms with Gasteiger partial charge in [-0.25, -0.2) is 8.42 Å². The molecule has 0 spiro atoms. The number of ether oxygens (including phenoxy) is 2. The van der Waals surface area contributed by atoms with Gasteiger partial charge in [0.1, 0.15) is 0 Å². The van der Waals surface area contributed by atoms with Crippen LogP contribution in [0.5, 0.6) is 11.5 Å². The minimum atomic E-state index is -3.25. The van der Waals surface area contributed by atoms with Crippen molar-refractivity contribution in [3.05, 3.63) is 54.1 Å². The summed E-state index contributed by atoms with van der Waals surface area (Å²) in [6, 6.07) is 13.5. The van der Waals surface area contributed by atoms with Crippen LogP contribution in [0.2, 0.25) is 0 Å². The van der Waals surface area contributed by atoms with E-state index in [0.29, 0.717) is 24.3 Å². The van der Waals surface area contributed by atoms with E-state index < -0.39 is 15.9 Å². The summed E-state index contributed by atoms with van der Waals surface area (Å²) in [5.41, 5.74) is 0.843. The van der Waals surface area contributed by atoms with Crippen LogP contribution in [0.25, 0.3) is 0 Å². The smallest absolute Gasteiger partial charge is 0.261 e. The van der Waals surface area contributed by atoms with Crippen molar-refractivity contribution in [3.63, 3.8) is 0 Å². The van der Waals surface area contributed by atoms with E-state index >= 15 is 0 Å². The number of carbonyl (C=O) groups excluding carboxylic acids is 1. The molecule has 0 bridgehead atoms. The second-order valence-corrected chi connectivity index (χ2v) is 8.49. The summed E-state index contributed by atoms with van der Waals surface area (Å²) in [5, 5.41) is 3.00. The fourth-order valence-corrected chi connectivity index (χ4v) is 3.46. The maximum absolute atomic E-state index is 12.8. The van der Waals surface area contributed by atoms with Crippen molar-refractivity contribution in [2.45, 2.75) is 43.7 Å². The van der Waals surface area contributed by atoms with Crippen molar-refractivity contribution < 1.29 is 22.7 Å². The second kappa shape index (κ2) is 9.59. The topological polar surface area (TPSA) is 81.7 Å². The highest BCUT2D eigenvalue weighted by atomic mass is 32.2. The van der Waals surface area contributed by atoms with Crippen molar-refractivity contribution >= 4 is 15.7 Å². The molecule has 0 radical (unpaired) electrons. The van der Waals surface area contributed by atoms with Gasteiger partial charge in [0.05, 0.1) is 18.0 Å². The molecule has 0 unspecified atom stereocenters. The first-order valence-corrected chi connectivity index (χ1v) is 11.1. The zero-order valence-electron chi connectivity index (χ0n) is 16.6. The molecular weight excluding hydrogens is 378 g/mol. The van der Waals surface area contributed by atoms with Crippen molar-refractivity contribution in [2.24, 2.45) is 0 Å². The molecule has 0 heterocycles. The number of carbonyl (C=O) groups is 1. The molecule has 0 aliphatic heterocycles. The molecule has 0 aromatic heterocycles. The van der Waals surface area contributed by atoms with Crippen LogP contribution in [0.15, 0.2) is 53.4 Å². The highest BCUT2D eigenvalue weighted by molar-refractivity contribution is 7.90. The molecule has 6 nitrogen and oxygen atoms in total. The zero-order valence-corrected chi connectivity index (χ0v) is 17.5. The number of rotatable bonds is 9. The lowest BCUT2D eigenvalue weighted by Crippen LogP contribution is -2.40. The van der Waals surface area contributed by atoms with E-state index in [-0.39, 0.29) is 16.8 Å². The largest absolute Gasteiger partial charge is 0.493 e. The predicted octanol–water partition coefficient (Wildman–Crippen LogP) is 3.52. The number of methoxy groups -OCH3 is 1. The lowest BCUT2D eigenvalue weighted by atomic mass is 10.0. The van der Waals surface area contributed by atoms with Crippen LogP contribution in [0.1, 0.15) is 38.3 Å². The van der Waals surface area contributed by atoms with E-state index in [2.05, 4.69) is 5.32 Å². The molecule has 0 fully saturated rings. The molecule has 1 N–H and O–H groups in total. The second-order valence-electron chi connectivity index (χ2n) is 6.48. The average molecular weight is 406 g/mol. The van der Waals surface area contributed by atoms with Gasteiger partial charge >= 0.3 is 0 Å². The number of nitrogens with one attached hydrogen (secondary N) is 1. The van der Waals surface area contributed by atoms with Crippen LogP contribution in [0.4, 0.5) is 0 Å². The van der Waals surface area contributed by atoms with Crippen LogP contribution in [-0.2, 0) is 14.6 Å². The first-order valence-electron chi connectivity index (χ1n) is 9.20. The van der Waals surface area contributed by atoms with Crippen LogP contribution in [-0.4, -0.2) is 33.8 Å². The predicted molar refractivity (Wildman–Crippen MR) is 108 cm³/mol. The van der Waals surface area contributed by atoms with Crippen LogP contribution in [0.3, 0.4) is 0 Å². The molecule has 0 aliphatic carbocycles. The molecule has 2 atom stereocenters. The van der Waals surface area contributed by atoms with E-state index in [9.17, 15) is 13.2 Å². The maximum Gasteiger partial charge on any atom is 0.261 e. The molecule has 7 heteroatoms. The van der Waals surface area contributed by atoms with E-state index in [1.165, 1.54) is 6.26 Å². The van der Waals surface area contributed by atoms with Gasteiger partial charge in [-0.15, -0.1) is 0 Å².